The molecule has 2 aromatic rings. The fourth-order valence-corrected chi connectivity index (χ4v) is 1.90. The van der Waals surface area contributed by atoms with Gasteiger partial charge in [-0.3, -0.25) is 0 Å². The monoisotopic (exact) mass is 200 g/mol. The predicted molar refractivity (Wildman–Crippen MR) is 64.7 cm³/mol. The highest BCUT2D eigenvalue weighted by atomic mass is 15.1. The molecule has 1 aromatic carbocycles. The van der Waals surface area contributed by atoms with Gasteiger partial charge in [0.15, 0.2) is 0 Å². The van der Waals surface area contributed by atoms with Crippen LogP contribution in [0.3, 0.4) is 0 Å². The van der Waals surface area contributed by atoms with Gasteiger partial charge in [0, 0.05) is 7.05 Å². The lowest BCUT2D eigenvalue weighted by molar-refractivity contribution is 0.918. The van der Waals surface area contributed by atoms with E-state index in [4.69, 9.17) is 0 Å². The van der Waals surface area contributed by atoms with Crippen LogP contribution in [0.25, 0.3) is 16.6 Å². The second-order valence-electron chi connectivity index (χ2n) is 3.78. The quantitative estimate of drug-likeness (QED) is 0.726. The molecule has 1 heterocycles. The van der Waals surface area contributed by atoms with E-state index in [1.54, 1.807) is 0 Å². The highest BCUT2D eigenvalue weighted by Gasteiger charge is 2.07. The van der Waals surface area contributed by atoms with Gasteiger partial charge in [-0.15, -0.1) is 0 Å². The third-order valence-electron chi connectivity index (χ3n) is 2.65. The largest absolute Gasteiger partial charge is 0.327 e. The summed E-state index contributed by atoms with van der Waals surface area (Å²) < 4.78 is 2.15. The number of para-hydroxylation sites is 2. The zero-order valence-corrected chi connectivity index (χ0v) is 9.49. The maximum Gasteiger partial charge on any atom is 0.136 e. The van der Waals surface area contributed by atoms with E-state index < -0.39 is 0 Å². The molecule has 0 aliphatic carbocycles. The summed E-state index contributed by atoms with van der Waals surface area (Å²) in [6.45, 7) is 4.26. The minimum atomic E-state index is 1.05. The molecule has 15 heavy (non-hydrogen) atoms. The first kappa shape index (κ1) is 9.97. The van der Waals surface area contributed by atoms with Crippen LogP contribution in [0.4, 0.5) is 0 Å². The number of benzene rings is 1. The molecule has 0 amide bonds. The van der Waals surface area contributed by atoms with Crippen LogP contribution in [-0.4, -0.2) is 9.55 Å². The number of hydrogen-bond acceptors (Lipinski definition) is 1. The van der Waals surface area contributed by atoms with Crippen molar-refractivity contribution >= 4 is 16.6 Å². The van der Waals surface area contributed by atoms with Crippen molar-refractivity contribution in [1.82, 2.24) is 9.55 Å². The van der Waals surface area contributed by atoms with Gasteiger partial charge < -0.3 is 4.57 Å². The Kier molecular flexibility index (Phi) is 2.58. The van der Waals surface area contributed by atoms with Gasteiger partial charge in [-0.2, -0.15) is 0 Å². The maximum atomic E-state index is 4.63. The Morgan fingerprint density at radius 2 is 2.13 bits per heavy atom. The van der Waals surface area contributed by atoms with Crippen molar-refractivity contribution in [3.8, 4) is 0 Å². The van der Waals surface area contributed by atoms with Crippen molar-refractivity contribution in [3.63, 3.8) is 0 Å². The third-order valence-corrected chi connectivity index (χ3v) is 2.65. The zero-order valence-electron chi connectivity index (χ0n) is 9.49. The summed E-state index contributed by atoms with van der Waals surface area (Å²) in [5.74, 6) is 1.07. The smallest absolute Gasteiger partial charge is 0.136 e. The Morgan fingerprint density at radius 3 is 2.80 bits per heavy atom. The van der Waals surface area contributed by atoms with Gasteiger partial charge in [-0.1, -0.05) is 25.1 Å². The summed E-state index contributed by atoms with van der Waals surface area (Å²) in [4.78, 5) is 4.63. The summed E-state index contributed by atoms with van der Waals surface area (Å²) in [6.07, 6.45) is 3.26. The summed E-state index contributed by atoms with van der Waals surface area (Å²) in [5, 5.41) is 0. The van der Waals surface area contributed by atoms with Crippen molar-refractivity contribution in [1.29, 1.82) is 0 Å². The Morgan fingerprint density at radius 1 is 1.40 bits per heavy atom. The number of rotatable bonds is 2. The second kappa shape index (κ2) is 3.89. The van der Waals surface area contributed by atoms with E-state index in [0.717, 1.165) is 17.8 Å². The molecule has 0 saturated heterocycles. The third kappa shape index (κ3) is 1.67. The van der Waals surface area contributed by atoms with Crippen LogP contribution >= 0.6 is 0 Å². The number of imidazole rings is 1. The van der Waals surface area contributed by atoms with Crippen molar-refractivity contribution < 1.29 is 0 Å². The van der Waals surface area contributed by atoms with Crippen LogP contribution < -0.4 is 0 Å². The number of aromatic nitrogens is 2. The average molecular weight is 200 g/mol. The fraction of sp³-hybridized carbons (Fsp3) is 0.308. The van der Waals surface area contributed by atoms with Gasteiger partial charge in [-0.25, -0.2) is 4.98 Å². The summed E-state index contributed by atoms with van der Waals surface area (Å²) >= 11 is 0. The van der Waals surface area contributed by atoms with Crippen molar-refractivity contribution in [2.24, 2.45) is 7.05 Å². The zero-order chi connectivity index (χ0) is 10.8. The van der Waals surface area contributed by atoms with Gasteiger partial charge in [0.2, 0.25) is 0 Å². The molecule has 0 bridgehead atoms. The highest BCUT2D eigenvalue weighted by molar-refractivity contribution is 5.79. The lowest BCUT2D eigenvalue weighted by Crippen LogP contribution is -1.94. The van der Waals surface area contributed by atoms with Crippen molar-refractivity contribution in [2.45, 2.75) is 20.3 Å². The van der Waals surface area contributed by atoms with Gasteiger partial charge in [-0.05, 0) is 31.1 Å². The van der Waals surface area contributed by atoms with Crippen molar-refractivity contribution in [2.75, 3.05) is 0 Å². The number of allylic oxidation sites excluding steroid dienone is 2. The van der Waals surface area contributed by atoms with Crippen LogP contribution in [0.1, 0.15) is 26.1 Å². The summed E-state index contributed by atoms with van der Waals surface area (Å²) in [5.41, 5.74) is 3.51. The van der Waals surface area contributed by atoms with E-state index in [1.165, 1.54) is 11.1 Å². The molecule has 2 heteroatoms. The highest BCUT2D eigenvalue weighted by Crippen LogP contribution is 2.19. The topological polar surface area (TPSA) is 17.8 Å². The van der Waals surface area contributed by atoms with E-state index in [2.05, 4.69) is 48.7 Å². The molecule has 0 spiro atoms. The first-order chi connectivity index (χ1) is 7.24. The molecule has 0 radical (unpaired) electrons. The SMILES string of the molecule is CCC=C(C)c1nc2ccccc2n1C. The average Bonchev–Trinajstić information content (AvgIpc) is 2.57. The normalized spacial score (nSPS) is 12.3. The summed E-state index contributed by atoms with van der Waals surface area (Å²) in [6, 6.07) is 8.23. The number of aryl methyl sites for hydroxylation is 1. The second-order valence-corrected chi connectivity index (χ2v) is 3.78. The van der Waals surface area contributed by atoms with Crippen LogP contribution in [-0.2, 0) is 7.05 Å². The van der Waals surface area contributed by atoms with Crippen LogP contribution in [0.15, 0.2) is 30.3 Å². The summed E-state index contributed by atoms with van der Waals surface area (Å²) in [7, 11) is 2.07. The molecule has 2 rings (SSSR count). The van der Waals surface area contributed by atoms with E-state index in [1.807, 2.05) is 12.1 Å². The standard InChI is InChI=1S/C13H16N2/c1-4-7-10(2)13-14-11-8-5-6-9-12(11)15(13)3/h5-9H,4H2,1-3H3. The van der Waals surface area contributed by atoms with Crippen molar-refractivity contribution in [3.05, 3.63) is 36.2 Å². The molecule has 0 saturated carbocycles. The van der Waals surface area contributed by atoms with E-state index >= 15 is 0 Å². The predicted octanol–water partition coefficient (Wildman–Crippen LogP) is 3.39. The van der Waals surface area contributed by atoms with Gasteiger partial charge in [0.1, 0.15) is 5.82 Å². The lowest BCUT2D eigenvalue weighted by Gasteiger charge is -2.01. The molecule has 0 fully saturated rings. The maximum absolute atomic E-state index is 4.63. The molecular formula is C13H16N2. The first-order valence-corrected chi connectivity index (χ1v) is 5.32. The number of hydrogen-bond donors (Lipinski definition) is 0. The van der Waals surface area contributed by atoms with Crippen LogP contribution in [0, 0.1) is 0 Å². The molecule has 0 aliphatic heterocycles. The molecule has 0 atom stereocenters. The molecule has 0 aliphatic rings. The van der Waals surface area contributed by atoms with Crippen LogP contribution in [0.2, 0.25) is 0 Å². The van der Waals surface area contributed by atoms with Gasteiger partial charge >= 0.3 is 0 Å². The van der Waals surface area contributed by atoms with Gasteiger partial charge in [0.05, 0.1) is 11.0 Å². The molecule has 2 nitrogen and oxygen atoms in total. The fourth-order valence-electron chi connectivity index (χ4n) is 1.90. The van der Waals surface area contributed by atoms with Gasteiger partial charge in [0.25, 0.3) is 0 Å². The first-order valence-electron chi connectivity index (χ1n) is 5.32. The Labute approximate surface area is 90.3 Å². The number of nitrogens with zero attached hydrogens (tertiary/aromatic N) is 2. The molecule has 1 aromatic heterocycles. The molecule has 78 valence electrons. The minimum Gasteiger partial charge on any atom is -0.327 e. The minimum absolute atomic E-state index is 1.05. The number of fused-ring (bicyclic) bond motifs is 1. The Hall–Kier alpha value is -1.57. The molecule has 0 unspecified atom stereocenters. The Balaban J connectivity index is 2.63. The Bertz CT molecular complexity index is 506. The lowest BCUT2D eigenvalue weighted by atomic mass is 10.2. The van der Waals surface area contributed by atoms with E-state index in [-0.39, 0.29) is 0 Å². The molecule has 0 N–H and O–H groups in total. The molecular weight excluding hydrogens is 184 g/mol. The van der Waals surface area contributed by atoms with Crippen LogP contribution in [0.5, 0.6) is 0 Å². The van der Waals surface area contributed by atoms with E-state index in [0.29, 0.717) is 0 Å². The van der Waals surface area contributed by atoms with E-state index in [9.17, 15) is 0 Å².